The lowest BCUT2D eigenvalue weighted by Crippen LogP contribution is -2.48. The van der Waals surface area contributed by atoms with Gasteiger partial charge in [-0.05, 0) is 24.3 Å². The van der Waals surface area contributed by atoms with Crippen LogP contribution in [0, 0.1) is 5.92 Å². The Hall–Kier alpha value is -2.55. The van der Waals surface area contributed by atoms with Gasteiger partial charge in [0.25, 0.3) is 11.8 Å². The van der Waals surface area contributed by atoms with Gasteiger partial charge in [-0.2, -0.15) is 13.2 Å². The minimum atomic E-state index is -4.48. The summed E-state index contributed by atoms with van der Waals surface area (Å²) in [7, 11) is 0. The Morgan fingerprint density at radius 3 is 2.50 bits per heavy atom. The summed E-state index contributed by atoms with van der Waals surface area (Å²) in [6.07, 6.45) is -4.48. The zero-order chi connectivity index (χ0) is 17.5. The molecule has 6 nitrogen and oxygen atoms in total. The molecule has 1 aromatic rings. The second-order valence-corrected chi connectivity index (χ2v) is 5.63. The van der Waals surface area contributed by atoms with Gasteiger partial charge >= 0.3 is 6.18 Å². The maximum absolute atomic E-state index is 12.5. The Bertz CT molecular complexity index is 713. The number of nitrogens with one attached hydrogen (secondary N) is 3. The van der Waals surface area contributed by atoms with E-state index in [1.807, 2.05) is 0 Å². The lowest BCUT2D eigenvalue weighted by molar-refractivity contribution is -0.137. The first-order valence-electron chi connectivity index (χ1n) is 7.20. The van der Waals surface area contributed by atoms with Crippen molar-refractivity contribution in [3.63, 3.8) is 0 Å². The maximum Gasteiger partial charge on any atom is 0.416 e. The SMILES string of the molecule is O=C(Nc1ccc(C(F)(F)F)cc1)C1=C(O)[C@@H]2CNC[C@H]2NC1=O. The monoisotopic (exact) mass is 341 g/mol. The Labute approximate surface area is 134 Å². The largest absolute Gasteiger partial charge is 0.511 e. The predicted octanol–water partition coefficient (Wildman–Crippen LogP) is 1.17. The molecular weight excluding hydrogens is 327 g/mol. The molecule has 1 fully saturated rings. The number of rotatable bonds is 2. The van der Waals surface area contributed by atoms with Crippen molar-refractivity contribution >= 4 is 17.5 Å². The number of anilines is 1. The number of hydrogen-bond donors (Lipinski definition) is 4. The second-order valence-electron chi connectivity index (χ2n) is 5.63. The molecular formula is C15H14F3N3O3. The Balaban J connectivity index is 1.79. The third-order valence-electron chi connectivity index (χ3n) is 4.06. The first-order valence-corrected chi connectivity index (χ1v) is 7.20. The number of alkyl halides is 3. The highest BCUT2D eigenvalue weighted by Crippen LogP contribution is 2.30. The van der Waals surface area contributed by atoms with Gasteiger partial charge in [-0.3, -0.25) is 9.59 Å². The van der Waals surface area contributed by atoms with E-state index in [4.69, 9.17) is 0 Å². The molecule has 4 N–H and O–H groups in total. The molecule has 2 amide bonds. The average Bonchev–Trinajstić information content (AvgIpc) is 2.95. The number of benzene rings is 1. The molecule has 0 radical (unpaired) electrons. The van der Waals surface area contributed by atoms with Crippen LogP contribution in [0.2, 0.25) is 0 Å². The molecule has 0 saturated carbocycles. The first-order chi connectivity index (χ1) is 11.3. The number of aliphatic hydroxyl groups is 1. The normalized spacial score (nSPS) is 23.7. The Morgan fingerprint density at radius 2 is 1.88 bits per heavy atom. The molecule has 9 heteroatoms. The van der Waals surface area contributed by atoms with Crippen LogP contribution >= 0.6 is 0 Å². The van der Waals surface area contributed by atoms with Crippen LogP contribution in [-0.2, 0) is 15.8 Å². The summed E-state index contributed by atoms with van der Waals surface area (Å²) in [5.74, 6) is -2.27. The molecule has 1 aromatic carbocycles. The van der Waals surface area contributed by atoms with Gasteiger partial charge in [0.2, 0.25) is 0 Å². The molecule has 3 rings (SSSR count). The van der Waals surface area contributed by atoms with Crippen molar-refractivity contribution in [3.05, 3.63) is 41.2 Å². The molecule has 0 spiro atoms. The molecule has 0 aromatic heterocycles. The summed E-state index contributed by atoms with van der Waals surface area (Å²) in [6.45, 7) is 0.919. The third kappa shape index (κ3) is 2.94. The molecule has 0 aliphatic carbocycles. The van der Waals surface area contributed by atoms with Gasteiger partial charge in [0.1, 0.15) is 11.3 Å². The third-order valence-corrected chi connectivity index (χ3v) is 4.06. The van der Waals surface area contributed by atoms with E-state index in [9.17, 15) is 27.9 Å². The number of carbonyl (C=O) groups is 2. The molecule has 128 valence electrons. The van der Waals surface area contributed by atoms with E-state index in [-0.39, 0.29) is 17.5 Å². The van der Waals surface area contributed by atoms with E-state index in [1.54, 1.807) is 0 Å². The minimum Gasteiger partial charge on any atom is -0.511 e. The average molecular weight is 341 g/mol. The topological polar surface area (TPSA) is 90.5 Å². The zero-order valence-corrected chi connectivity index (χ0v) is 12.3. The van der Waals surface area contributed by atoms with Crippen molar-refractivity contribution in [2.45, 2.75) is 12.2 Å². The van der Waals surface area contributed by atoms with Crippen molar-refractivity contribution in [2.24, 2.45) is 5.92 Å². The van der Waals surface area contributed by atoms with Crippen molar-refractivity contribution in [2.75, 3.05) is 18.4 Å². The summed E-state index contributed by atoms with van der Waals surface area (Å²) < 4.78 is 37.5. The fraction of sp³-hybridized carbons (Fsp3) is 0.333. The molecule has 2 aliphatic heterocycles. The fourth-order valence-electron chi connectivity index (χ4n) is 2.82. The number of halogens is 3. The van der Waals surface area contributed by atoms with Crippen LogP contribution in [0.1, 0.15) is 5.56 Å². The number of carbonyl (C=O) groups excluding carboxylic acids is 2. The maximum atomic E-state index is 12.5. The van der Waals surface area contributed by atoms with Crippen LogP contribution < -0.4 is 16.0 Å². The molecule has 2 aliphatic rings. The van der Waals surface area contributed by atoms with Crippen LogP contribution in [0.25, 0.3) is 0 Å². The lowest BCUT2D eigenvalue weighted by atomic mass is 9.92. The van der Waals surface area contributed by atoms with Gasteiger partial charge < -0.3 is 21.1 Å². The number of aliphatic hydroxyl groups excluding tert-OH is 1. The summed E-state index contributed by atoms with van der Waals surface area (Å²) in [5, 5.41) is 18.1. The summed E-state index contributed by atoms with van der Waals surface area (Å²) in [4.78, 5) is 24.2. The number of fused-ring (bicyclic) bond motifs is 1. The Kier molecular flexibility index (Phi) is 3.96. The van der Waals surface area contributed by atoms with Gasteiger partial charge in [0.15, 0.2) is 0 Å². The van der Waals surface area contributed by atoms with Gasteiger partial charge in [0, 0.05) is 18.8 Å². The van der Waals surface area contributed by atoms with Crippen LogP contribution in [0.4, 0.5) is 18.9 Å². The van der Waals surface area contributed by atoms with E-state index >= 15 is 0 Å². The number of amides is 2. The molecule has 0 unspecified atom stereocenters. The van der Waals surface area contributed by atoms with Gasteiger partial charge in [-0.25, -0.2) is 0 Å². The van der Waals surface area contributed by atoms with E-state index in [0.717, 1.165) is 24.3 Å². The van der Waals surface area contributed by atoms with Crippen LogP contribution in [0.3, 0.4) is 0 Å². The summed E-state index contributed by atoms with van der Waals surface area (Å²) >= 11 is 0. The van der Waals surface area contributed by atoms with Gasteiger partial charge in [-0.1, -0.05) is 0 Å². The van der Waals surface area contributed by atoms with Gasteiger partial charge in [-0.15, -0.1) is 0 Å². The van der Waals surface area contributed by atoms with Crippen molar-refractivity contribution in [1.29, 1.82) is 0 Å². The smallest absolute Gasteiger partial charge is 0.416 e. The zero-order valence-electron chi connectivity index (χ0n) is 12.3. The van der Waals surface area contributed by atoms with E-state index in [0.29, 0.717) is 13.1 Å². The molecule has 0 bridgehead atoms. The summed E-state index contributed by atoms with van der Waals surface area (Å²) in [5.41, 5.74) is -1.18. The van der Waals surface area contributed by atoms with Crippen LogP contribution in [0.15, 0.2) is 35.6 Å². The standard InChI is InChI=1S/C15H14F3N3O3/c16-15(17,18)7-1-3-8(4-2-7)20-13(23)11-12(22)9-5-19-6-10(9)21-14(11)24/h1-4,9-10,19,22H,5-6H2,(H,20,23)(H,21,24)/t9-,10-/m1/s1. The molecule has 2 heterocycles. The number of hydrogen-bond acceptors (Lipinski definition) is 4. The van der Waals surface area contributed by atoms with Crippen LogP contribution in [-0.4, -0.2) is 36.1 Å². The highest BCUT2D eigenvalue weighted by Gasteiger charge is 2.41. The van der Waals surface area contributed by atoms with E-state index in [2.05, 4.69) is 16.0 Å². The minimum absolute atomic E-state index is 0.0905. The van der Waals surface area contributed by atoms with E-state index in [1.165, 1.54) is 0 Å². The van der Waals surface area contributed by atoms with E-state index < -0.39 is 35.0 Å². The fourth-order valence-corrected chi connectivity index (χ4v) is 2.82. The second kappa shape index (κ2) is 5.82. The highest BCUT2D eigenvalue weighted by molar-refractivity contribution is 6.23. The van der Waals surface area contributed by atoms with Crippen molar-refractivity contribution in [1.82, 2.24) is 10.6 Å². The van der Waals surface area contributed by atoms with Crippen molar-refractivity contribution < 1.29 is 27.9 Å². The molecule has 1 saturated heterocycles. The predicted molar refractivity (Wildman–Crippen MR) is 78.0 cm³/mol. The lowest BCUT2D eigenvalue weighted by Gasteiger charge is -2.26. The quantitative estimate of drug-likeness (QED) is 0.608. The molecule has 24 heavy (non-hydrogen) atoms. The summed E-state index contributed by atoms with van der Waals surface area (Å²) in [6, 6.07) is 3.53. The highest BCUT2D eigenvalue weighted by atomic mass is 19.4. The Morgan fingerprint density at radius 1 is 1.21 bits per heavy atom. The first kappa shape index (κ1) is 16.3. The van der Waals surface area contributed by atoms with Crippen molar-refractivity contribution in [3.8, 4) is 0 Å². The molecule has 2 atom stereocenters. The van der Waals surface area contributed by atoms with Gasteiger partial charge in [0.05, 0.1) is 17.5 Å². The van der Waals surface area contributed by atoms with Crippen LogP contribution in [0.5, 0.6) is 0 Å².